The number of hydrogen-bond acceptors (Lipinski definition) is 3. The van der Waals surface area contributed by atoms with Gasteiger partial charge in [0.15, 0.2) is 0 Å². The third-order valence-corrected chi connectivity index (χ3v) is 4.66. The molecule has 6 heteroatoms. The Balaban J connectivity index is 1.86. The summed E-state index contributed by atoms with van der Waals surface area (Å²) in [5, 5.41) is 18.9. The van der Waals surface area contributed by atoms with Gasteiger partial charge in [-0.25, -0.2) is 4.79 Å². The van der Waals surface area contributed by atoms with Gasteiger partial charge >= 0.3 is 12.0 Å². The Kier molecular flexibility index (Phi) is 5.22. The highest BCUT2D eigenvalue weighted by Crippen LogP contribution is 2.32. The standard InChI is InChI=1S/C15H22N2O3S/c1-11(8-12-4-7-21-10-12)16-14(20)17-15(9-13(18)19)5-2-3-6-15/h4,7,10-11H,2-3,5-6,8-9H2,1H3,(H,18,19)(H2,16,17,20). The van der Waals surface area contributed by atoms with Crippen LogP contribution in [0.2, 0.25) is 0 Å². The summed E-state index contributed by atoms with van der Waals surface area (Å²) in [5.41, 5.74) is 0.631. The van der Waals surface area contributed by atoms with Crippen molar-refractivity contribution < 1.29 is 14.7 Å². The molecular weight excluding hydrogens is 288 g/mol. The van der Waals surface area contributed by atoms with Crippen molar-refractivity contribution in [2.24, 2.45) is 0 Å². The monoisotopic (exact) mass is 310 g/mol. The molecule has 0 aliphatic heterocycles. The smallest absolute Gasteiger partial charge is 0.315 e. The highest BCUT2D eigenvalue weighted by molar-refractivity contribution is 7.07. The van der Waals surface area contributed by atoms with Crippen LogP contribution in [0.5, 0.6) is 0 Å². The number of carbonyl (C=O) groups excluding carboxylic acids is 1. The largest absolute Gasteiger partial charge is 0.481 e. The second-order valence-corrected chi connectivity index (χ2v) is 6.67. The molecule has 0 spiro atoms. The molecule has 1 aromatic heterocycles. The van der Waals surface area contributed by atoms with E-state index in [9.17, 15) is 9.59 Å². The van der Waals surface area contributed by atoms with E-state index >= 15 is 0 Å². The lowest BCUT2D eigenvalue weighted by Gasteiger charge is -2.29. The molecule has 2 amide bonds. The average Bonchev–Trinajstić information content (AvgIpc) is 3.00. The Labute approximate surface area is 128 Å². The van der Waals surface area contributed by atoms with Crippen LogP contribution < -0.4 is 10.6 Å². The van der Waals surface area contributed by atoms with Gasteiger partial charge in [-0.2, -0.15) is 11.3 Å². The van der Waals surface area contributed by atoms with E-state index in [0.717, 1.165) is 32.1 Å². The van der Waals surface area contributed by atoms with Crippen LogP contribution >= 0.6 is 11.3 Å². The first-order valence-corrected chi connectivity index (χ1v) is 8.25. The minimum atomic E-state index is -0.858. The minimum absolute atomic E-state index is 0.000663. The number of nitrogens with one attached hydrogen (secondary N) is 2. The van der Waals surface area contributed by atoms with Crippen LogP contribution in [-0.4, -0.2) is 28.7 Å². The zero-order chi connectivity index (χ0) is 15.3. The number of carboxylic acid groups (broad SMARTS) is 1. The Bertz CT molecular complexity index is 481. The molecule has 1 aromatic rings. The van der Waals surface area contributed by atoms with Gasteiger partial charge in [-0.1, -0.05) is 12.8 Å². The van der Waals surface area contributed by atoms with Crippen molar-refractivity contribution in [3.05, 3.63) is 22.4 Å². The lowest BCUT2D eigenvalue weighted by molar-refractivity contribution is -0.138. The molecule has 1 atom stereocenters. The fourth-order valence-corrected chi connectivity index (χ4v) is 3.68. The highest BCUT2D eigenvalue weighted by atomic mass is 32.1. The molecule has 1 aliphatic carbocycles. The Morgan fingerprint density at radius 3 is 2.71 bits per heavy atom. The molecule has 21 heavy (non-hydrogen) atoms. The van der Waals surface area contributed by atoms with Crippen LogP contribution in [0.3, 0.4) is 0 Å². The van der Waals surface area contributed by atoms with E-state index in [2.05, 4.69) is 16.0 Å². The Hall–Kier alpha value is -1.56. The maximum Gasteiger partial charge on any atom is 0.315 e. The average molecular weight is 310 g/mol. The van der Waals surface area contributed by atoms with E-state index in [1.807, 2.05) is 18.4 Å². The van der Waals surface area contributed by atoms with Crippen LogP contribution in [0.25, 0.3) is 0 Å². The summed E-state index contributed by atoms with van der Waals surface area (Å²) in [7, 11) is 0. The minimum Gasteiger partial charge on any atom is -0.481 e. The van der Waals surface area contributed by atoms with Crippen molar-refractivity contribution in [3.63, 3.8) is 0 Å². The van der Waals surface area contributed by atoms with Crippen LogP contribution in [0.15, 0.2) is 16.8 Å². The van der Waals surface area contributed by atoms with Gasteiger partial charge in [0.1, 0.15) is 0 Å². The van der Waals surface area contributed by atoms with E-state index in [4.69, 9.17) is 5.11 Å². The maximum atomic E-state index is 12.1. The maximum absolute atomic E-state index is 12.1. The fraction of sp³-hybridized carbons (Fsp3) is 0.600. The molecule has 0 radical (unpaired) electrons. The number of aliphatic carboxylic acids is 1. The molecule has 0 bridgehead atoms. The lowest BCUT2D eigenvalue weighted by atomic mass is 9.93. The van der Waals surface area contributed by atoms with Gasteiger partial charge in [0.05, 0.1) is 12.0 Å². The first-order chi connectivity index (χ1) is 9.99. The van der Waals surface area contributed by atoms with Crippen molar-refractivity contribution in [1.29, 1.82) is 0 Å². The Morgan fingerprint density at radius 2 is 2.14 bits per heavy atom. The highest BCUT2D eigenvalue weighted by Gasteiger charge is 2.37. The molecule has 3 N–H and O–H groups in total. The zero-order valence-corrected chi connectivity index (χ0v) is 13.0. The van der Waals surface area contributed by atoms with E-state index in [-0.39, 0.29) is 18.5 Å². The molecule has 0 aromatic carbocycles. The van der Waals surface area contributed by atoms with E-state index < -0.39 is 11.5 Å². The van der Waals surface area contributed by atoms with Crippen LogP contribution in [0.4, 0.5) is 4.79 Å². The number of hydrogen-bond donors (Lipinski definition) is 3. The summed E-state index contributed by atoms with van der Waals surface area (Å²) >= 11 is 1.64. The summed E-state index contributed by atoms with van der Waals surface area (Å²) in [4.78, 5) is 23.1. The summed E-state index contributed by atoms with van der Waals surface area (Å²) in [5.74, 6) is -0.858. The number of rotatable bonds is 6. The third-order valence-electron chi connectivity index (χ3n) is 3.93. The van der Waals surface area contributed by atoms with Crippen molar-refractivity contribution in [2.45, 2.75) is 57.0 Å². The number of urea groups is 1. The second-order valence-electron chi connectivity index (χ2n) is 5.89. The number of amides is 2. The molecule has 2 rings (SSSR count). The molecule has 1 fully saturated rings. The van der Waals surface area contributed by atoms with E-state index in [1.165, 1.54) is 5.56 Å². The van der Waals surface area contributed by atoms with Crippen molar-refractivity contribution in [1.82, 2.24) is 10.6 Å². The molecule has 1 heterocycles. The SMILES string of the molecule is CC(Cc1ccsc1)NC(=O)NC1(CC(=O)O)CCCC1. The van der Waals surface area contributed by atoms with Gasteiger partial charge in [0.25, 0.3) is 0 Å². The molecule has 1 aliphatic rings. The molecule has 1 saturated carbocycles. The predicted octanol–water partition coefficient (Wildman–Crippen LogP) is 2.77. The van der Waals surface area contributed by atoms with E-state index in [0.29, 0.717) is 0 Å². The quantitative estimate of drug-likeness (QED) is 0.756. The molecule has 1 unspecified atom stereocenters. The van der Waals surface area contributed by atoms with Crippen molar-refractivity contribution in [3.8, 4) is 0 Å². The first-order valence-electron chi connectivity index (χ1n) is 7.31. The normalized spacial score (nSPS) is 18.1. The summed E-state index contributed by atoms with van der Waals surface area (Å²) < 4.78 is 0. The summed E-state index contributed by atoms with van der Waals surface area (Å²) in [6.07, 6.45) is 4.20. The van der Waals surface area contributed by atoms with Crippen LogP contribution in [-0.2, 0) is 11.2 Å². The lowest BCUT2D eigenvalue weighted by Crippen LogP contribution is -2.53. The van der Waals surface area contributed by atoms with Crippen molar-refractivity contribution in [2.75, 3.05) is 0 Å². The zero-order valence-electron chi connectivity index (χ0n) is 12.2. The third kappa shape index (κ3) is 4.74. The van der Waals surface area contributed by atoms with Crippen LogP contribution in [0, 0.1) is 0 Å². The topological polar surface area (TPSA) is 78.4 Å². The van der Waals surface area contributed by atoms with Crippen molar-refractivity contribution >= 4 is 23.3 Å². The summed E-state index contributed by atoms with van der Waals surface area (Å²) in [6.45, 7) is 1.95. The van der Waals surface area contributed by atoms with Crippen LogP contribution in [0.1, 0.15) is 44.6 Å². The molecule has 5 nitrogen and oxygen atoms in total. The van der Waals surface area contributed by atoms with Gasteiger partial charge in [-0.15, -0.1) is 0 Å². The van der Waals surface area contributed by atoms with E-state index in [1.54, 1.807) is 11.3 Å². The number of carboxylic acids is 1. The molecular formula is C15H22N2O3S. The molecule has 116 valence electrons. The molecule has 0 saturated heterocycles. The Morgan fingerprint density at radius 1 is 1.43 bits per heavy atom. The van der Waals surface area contributed by atoms with Gasteiger partial charge in [0.2, 0.25) is 0 Å². The van der Waals surface area contributed by atoms with Gasteiger partial charge < -0.3 is 15.7 Å². The second kappa shape index (κ2) is 6.93. The number of thiophene rings is 1. The fourth-order valence-electron chi connectivity index (χ4n) is 3.00. The predicted molar refractivity (Wildman–Crippen MR) is 82.6 cm³/mol. The summed E-state index contributed by atoms with van der Waals surface area (Å²) in [6, 6.07) is 1.80. The first kappa shape index (κ1) is 15.8. The van der Waals surface area contributed by atoms with Gasteiger partial charge in [-0.3, -0.25) is 4.79 Å². The van der Waals surface area contributed by atoms with Gasteiger partial charge in [0, 0.05) is 6.04 Å². The number of carbonyl (C=O) groups is 2. The van der Waals surface area contributed by atoms with Gasteiger partial charge in [-0.05, 0) is 48.6 Å².